The zero-order valence-corrected chi connectivity index (χ0v) is 13.8. The highest BCUT2D eigenvalue weighted by Gasteiger charge is 2.41. The molecule has 4 rings (SSSR count). The summed E-state index contributed by atoms with van der Waals surface area (Å²) >= 11 is 0. The van der Waals surface area contributed by atoms with Crippen molar-refractivity contribution in [3.05, 3.63) is 12.7 Å². The predicted octanol–water partition coefficient (Wildman–Crippen LogP) is 1.46. The van der Waals surface area contributed by atoms with Crippen LogP contribution in [0, 0.1) is 5.92 Å². The highest BCUT2D eigenvalue weighted by Crippen LogP contribution is 2.41. The molecule has 7 nitrogen and oxygen atoms in total. The molecule has 2 aromatic rings. The number of carbonyl (C=O) groups is 1. The maximum absolute atomic E-state index is 12.2. The van der Waals surface area contributed by atoms with Crippen LogP contribution in [0.1, 0.15) is 31.7 Å². The Kier molecular flexibility index (Phi) is 3.25. The quantitative estimate of drug-likeness (QED) is 0.839. The van der Waals surface area contributed by atoms with E-state index < -0.39 is 0 Å². The SMILES string of the molecule is CN(C)c1ncnc2c1ncn2[C@H]1CC[C@H]2CC(=O)N(C)[C@H]1C2. The Morgan fingerprint density at radius 2 is 2.00 bits per heavy atom. The zero-order valence-electron chi connectivity index (χ0n) is 13.8. The lowest BCUT2D eigenvalue weighted by Crippen LogP contribution is -2.50. The summed E-state index contributed by atoms with van der Waals surface area (Å²) in [5.41, 5.74) is 1.68. The van der Waals surface area contributed by atoms with E-state index in [0.717, 1.165) is 36.2 Å². The van der Waals surface area contributed by atoms with Gasteiger partial charge in [-0.25, -0.2) is 15.0 Å². The number of rotatable bonds is 2. The summed E-state index contributed by atoms with van der Waals surface area (Å²) in [5, 5.41) is 0. The van der Waals surface area contributed by atoms with Crippen LogP contribution >= 0.6 is 0 Å². The van der Waals surface area contributed by atoms with Gasteiger partial charge in [-0.15, -0.1) is 0 Å². The maximum Gasteiger partial charge on any atom is 0.222 e. The van der Waals surface area contributed by atoms with Gasteiger partial charge in [-0.3, -0.25) is 4.79 Å². The zero-order chi connectivity index (χ0) is 16.1. The molecule has 1 saturated carbocycles. The molecule has 122 valence electrons. The molecule has 0 aromatic carbocycles. The second-order valence-electron chi connectivity index (χ2n) is 6.94. The van der Waals surface area contributed by atoms with E-state index in [2.05, 4.69) is 19.5 Å². The average molecular weight is 314 g/mol. The van der Waals surface area contributed by atoms with Gasteiger partial charge in [-0.05, 0) is 25.2 Å². The van der Waals surface area contributed by atoms with E-state index in [1.54, 1.807) is 6.33 Å². The molecule has 2 bridgehead atoms. The Morgan fingerprint density at radius 3 is 2.78 bits per heavy atom. The van der Waals surface area contributed by atoms with Crippen molar-refractivity contribution in [2.24, 2.45) is 5.92 Å². The number of likely N-dealkylation sites (N-methyl/N-ethyl adjacent to an activating group) is 1. The standard InChI is InChI=1S/C16H22N6O/c1-20(2)15-14-16(18-8-17-15)22(9-19-14)11-5-4-10-6-12(11)21(3)13(23)7-10/h8-12H,4-7H2,1-3H3/t10-,11+,12+/m1/s1. The minimum atomic E-state index is 0.241. The number of nitrogens with zero attached hydrogens (tertiary/aromatic N) is 6. The molecule has 3 heterocycles. The molecule has 1 aliphatic carbocycles. The van der Waals surface area contributed by atoms with E-state index in [1.165, 1.54) is 0 Å². The van der Waals surface area contributed by atoms with Crippen molar-refractivity contribution in [3.63, 3.8) is 0 Å². The van der Waals surface area contributed by atoms with Gasteiger partial charge in [0.25, 0.3) is 0 Å². The third-order valence-electron chi connectivity index (χ3n) is 5.36. The number of carbonyl (C=O) groups excluding carboxylic acids is 1. The van der Waals surface area contributed by atoms with Crippen molar-refractivity contribution in [3.8, 4) is 0 Å². The molecule has 1 aliphatic heterocycles. The summed E-state index contributed by atoms with van der Waals surface area (Å²) in [7, 11) is 5.85. The molecule has 1 saturated heterocycles. The van der Waals surface area contributed by atoms with Gasteiger partial charge >= 0.3 is 0 Å². The summed E-state index contributed by atoms with van der Waals surface area (Å²) in [6.45, 7) is 0. The van der Waals surface area contributed by atoms with Gasteiger partial charge in [-0.2, -0.15) is 0 Å². The fourth-order valence-electron chi connectivity index (χ4n) is 4.13. The molecular formula is C16H22N6O. The van der Waals surface area contributed by atoms with Gasteiger partial charge < -0.3 is 14.4 Å². The second kappa shape index (κ2) is 5.18. The number of anilines is 1. The first-order chi connectivity index (χ1) is 11.1. The van der Waals surface area contributed by atoms with Crippen LogP contribution in [0.15, 0.2) is 12.7 Å². The normalized spacial score (nSPS) is 27.5. The fraction of sp³-hybridized carbons (Fsp3) is 0.625. The molecule has 2 fully saturated rings. The number of hydrogen-bond acceptors (Lipinski definition) is 5. The van der Waals surface area contributed by atoms with Gasteiger partial charge in [0, 0.05) is 27.6 Å². The highest BCUT2D eigenvalue weighted by atomic mass is 16.2. The summed E-state index contributed by atoms with van der Waals surface area (Å²) in [6, 6.07) is 0.487. The van der Waals surface area contributed by atoms with Crippen molar-refractivity contribution in [2.75, 3.05) is 26.0 Å². The van der Waals surface area contributed by atoms with Crippen molar-refractivity contribution in [1.82, 2.24) is 24.4 Å². The molecule has 0 radical (unpaired) electrons. The Bertz CT molecular complexity index is 754. The Hall–Kier alpha value is -2.18. The van der Waals surface area contributed by atoms with E-state index in [4.69, 9.17) is 0 Å². The van der Waals surface area contributed by atoms with E-state index >= 15 is 0 Å². The van der Waals surface area contributed by atoms with Crippen LogP contribution in [0.3, 0.4) is 0 Å². The third kappa shape index (κ3) is 2.17. The van der Waals surface area contributed by atoms with Crippen LogP contribution in [0.2, 0.25) is 0 Å². The molecule has 3 atom stereocenters. The Balaban J connectivity index is 1.77. The lowest BCUT2D eigenvalue weighted by Gasteiger charge is -2.45. The van der Waals surface area contributed by atoms with Gasteiger partial charge in [0.2, 0.25) is 5.91 Å². The lowest BCUT2D eigenvalue weighted by molar-refractivity contribution is -0.140. The molecule has 23 heavy (non-hydrogen) atoms. The molecular weight excluding hydrogens is 292 g/mol. The molecule has 2 aliphatic rings. The number of likely N-dealkylation sites (tertiary alicyclic amines) is 1. The third-order valence-corrected chi connectivity index (χ3v) is 5.36. The number of hydrogen-bond donors (Lipinski definition) is 0. The first kappa shape index (κ1) is 14.4. The van der Waals surface area contributed by atoms with Gasteiger partial charge in [0.1, 0.15) is 6.33 Å². The van der Waals surface area contributed by atoms with Gasteiger partial charge in [0.05, 0.1) is 18.4 Å². The monoisotopic (exact) mass is 314 g/mol. The van der Waals surface area contributed by atoms with Crippen LogP contribution < -0.4 is 4.90 Å². The minimum Gasteiger partial charge on any atom is -0.361 e. The smallest absolute Gasteiger partial charge is 0.222 e. The molecule has 1 amide bonds. The lowest BCUT2D eigenvalue weighted by atomic mass is 9.76. The fourth-order valence-corrected chi connectivity index (χ4v) is 4.13. The van der Waals surface area contributed by atoms with Crippen LogP contribution in [0.25, 0.3) is 11.2 Å². The van der Waals surface area contributed by atoms with E-state index in [1.807, 2.05) is 37.3 Å². The van der Waals surface area contributed by atoms with Crippen LogP contribution in [0.5, 0.6) is 0 Å². The van der Waals surface area contributed by atoms with Gasteiger partial charge in [0.15, 0.2) is 17.0 Å². The average Bonchev–Trinajstić information content (AvgIpc) is 2.96. The molecule has 0 spiro atoms. The van der Waals surface area contributed by atoms with Crippen LogP contribution in [-0.2, 0) is 4.79 Å². The number of imidazole rings is 1. The number of amides is 1. The highest BCUT2D eigenvalue weighted by molar-refractivity contribution is 5.83. The molecule has 2 aromatic heterocycles. The number of piperidine rings is 1. The summed E-state index contributed by atoms with van der Waals surface area (Å²) in [6.07, 6.45) is 7.42. The summed E-state index contributed by atoms with van der Waals surface area (Å²) in [4.78, 5) is 29.4. The maximum atomic E-state index is 12.2. The van der Waals surface area contributed by atoms with Crippen molar-refractivity contribution in [1.29, 1.82) is 0 Å². The molecule has 0 unspecified atom stereocenters. The van der Waals surface area contributed by atoms with E-state index in [-0.39, 0.29) is 18.0 Å². The Labute approximate surface area is 135 Å². The van der Waals surface area contributed by atoms with E-state index in [9.17, 15) is 4.79 Å². The van der Waals surface area contributed by atoms with Crippen molar-refractivity contribution < 1.29 is 4.79 Å². The van der Waals surface area contributed by atoms with Gasteiger partial charge in [-0.1, -0.05) is 0 Å². The van der Waals surface area contributed by atoms with E-state index in [0.29, 0.717) is 12.3 Å². The first-order valence-corrected chi connectivity index (χ1v) is 8.16. The first-order valence-electron chi connectivity index (χ1n) is 8.16. The largest absolute Gasteiger partial charge is 0.361 e. The second-order valence-corrected chi connectivity index (χ2v) is 6.94. The topological polar surface area (TPSA) is 67.2 Å². The molecule has 0 N–H and O–H groups in total. The number of fused-ring (bicyclic) bond motifs is 3. The summed E-state index contributed by atoms with van der Waals surface area (Å²) < 4.78 is 2.15. The molecule has 7 heteroatoms. The minimum absolute atomic E-state index is 0.241. The van der Waals surface area contributed by atoms with Crippen molar-refractivity contribution in [2.45, 2.75) is 37.8 Å². The predicted molar refractivity (Wildman–Crippen MR) is 87.2 cm³/mol. The summed E-state index contributed by atoms with van der Waals surface area (Å²) in [5.74, 6) is 1.64. The van der Waals surface area contributed by atoms with Crippen molar-refractivity contribution >= 4 is 22.9 Å². The van der Waals surface area contributed by atoms with Crippen LogP contribution in [-0.4, -0.2) is 57.5 Å². The van der Waals surface area contributed by atoms with Crippen LogP contribution in [0.4, 0.5) is 5.82 Å². The number of aromatic nitrogens is 4. The Morgan fingerprint density at radius 1 is 1.17 bits per heavy atom.